The minimum absolute atomic E-state index is 0.525. The highest BCUT2D eigenvalue weighted by Gasteiger charge is 2.16. The normalized spacial score (nSPS) is 11.1. The standard InChI is InChI=1S/C9H14N2O9/c12-3-5(20-9(18)11-2-7(15)16)4-19-8(17)10-1-6(13)14/h5,12H,1-4H2,(H,10,17)(H,11,18)(H,13,14)(H,15,16). The third-order valence-electron chi connectivity index (χ3n) is 1.65. The highest BCUT2D eigenvalue weighted by molar-refractivity contribution is 5.77. The molecular formula is C9H14N2O9. The summed E-state index contributed by atoms with van der Waals surface area (Å²) in [4.78, 5) is 42.3. The van der Waals surface area contributed by atoms with Crippen LogP contribution >= 0.6 is 0 Å². The van der Waals surface area contributed by atoms with Gasteiger partial charge < -0.3 is 35.4 Å². The van der Waals surface area contributed by atoms with Crippen molar-refractivity contribution in [1.29, 1.82) is 0 Å². The molecule has 0 saturated carbocycles. The fourth-order valence-electron chi connectivity index (χ4n) is 0.832. The molecule has 11 heteroatoms. The van der Waals surface area contributed by atoms with E-state index in [0.29, 0.717) is 0 Å². The molecule has 0 spiro atoms. The van der Waals surface area contributed by atoms with Gasteiger partial charge in [-0.2, -0.15) is 0 Å². The molecule has 0 heterocycles. The largest absolute Gasteiger partial charge is 0.480 e. The first-order chi connectivity index (χ1) is 9.35. The van der Waals surface area contributed by atoms with E-state index in [0.717, 1.165) is 0 Å². The predicted molar refractivity (Wildman–Crippen MR) is 60.0 cm³/mol. The van der Waals surface area contributed by atoms with Crippen LogP contribution in [0.5, 0.6) is 0 Å². The third kappa shape index (κ3) is 9.47. The quantitative estimate of drug-likeness (QED) is 0.338. The number of carbonyl (C=O) groups excluding carboxylic acids is 2. The van der Waals surface area contributed by atoms with E-state index in [1.54, 1.807) is 0 Å². The lowest BCUT2D eigenvalue weighted by molar-refractivity contribution is -0.136. The lowest BCUT2D eigenvalue weighted by Crippen LogP contribution is -2.38. The zero-order valence-electron chi connectivity index (χ0n) is 10.2. The van der Waals surface area contributed by atoms with Gasteiger partial charge in [-0.05, 0) is 0 Å². The molecule has 0 bridgehead atoms. The van der Waals surface area contributed by atoms with Crippen LogP contribution < -0.4 is 10.6 Å². The molecule has 0 rings (SSSR count). The summed E-state index contributed by atoms with van der Waals surface area (Å²) in [6, 6.07) is 0. The summed E-state index contributed by atoms with van der Waals surface area (Å²) < 4.78 is 9.02. The molecule has 5 N–H and O–H groups in total. The Bertz CT molecular complexity index is 370. The fraction of sp³-hybridized carbons (Fsp3) is 0.556. The molecule has 0 aliphatic carbocycles. The second kappa shape index (κ2) is 9.38. The second-order valence-electron chi connectivity index (χ2n) is 3.30. The van der Waals surface area contributed by atoms with Crippen molar-refractivity contribution in [3.05, 3.63) is 0 Å². The molecule has 0 radical (unpaired) electrons. The number of aliphatic hydroxyl groups is 1. The van der Waals surface area contributed by atoms with Gasteiger partial charge in [0.2, 0.25) is 0 Å². The Morgan fingerprint density at radius 3 is 1.90 bits per heavy atom. The van der Waals surface area contributed by atoms with Crippen LogP contribution in [0.2, 0.25) is 0 Å². The number of hydrogen-bond donors (Lipinski definition) is 5. The van der Waals surface area contributed by atoms with Gasteiger partial charge in [0.15, 0.2) is 6.10 Å². The molecule has 11 nitrogen and oxygen atoms in total. The Hall–Kier alpha value is -2.56. The van der Waals surface area contributed by atoms with Crippen LogP contribution in [0.25, 0.3) is 0 Å². The number of aliphatic carboxylic acids is 2. The fourth-order valence-corrected chi connectivity index (χ4v) is 0.832. The van der Waals surface area contributed by atoms with E-state index in [1.807, 2.05) is 10.6 Å². The first kappa shape index (κ1) is 17.4. The summed E-state index contributed by atoms with van der Waals surface area (Å²) in [6.45, 7) is -2.52. The molecule has 0 aromatic rings. The van der Waals surface area contributed by atoms with Gasteiger partial charge in [0.1, 0.15) is 19.7 Å². The second-order valence-corrected chi connectivity index (χ2v) is 3.30. The average Bonchev–Trinajstić information content (AvgIpc) is 2.38. The smallest absolute Gasteiger partial charge is 0.408 e. The SMILES string of the molecule is O=C(O)CNC(=O)OCC(CO)OC(=O)NCC(=O)O. The molecule has 1 unspecified atom stereocenters. The van der Waals surface area contributed by atoms with Crippen molar-refractivity contribution in [3.8, 4) is 0 Å². The van der Waals surface area contributed by atoms with Crippen molar-refractivity contribution in [2.75, 3.05) is 26.3 Å². The van der Waals surface area contributed by atoms with Gasteiger partial charge in [-0.1, -0.05) is 0 Å². The van der Waals surface area contributed by atoms with E-state index < -0.39 is 56.5 Å². The lowest BCUT2D eigenvalue weighted by Gasteiger charge is -2.15. The minimum Gasteiger partial charge on any atom is -0.480 e. The van der Waals surface area contributed by atoms with Gasteiger partial charge in [-0.3, -0.25) is 9.59 Å². The number of hydrogen-bond acceptors (Lipinski definition) is 7. The number of carbonyl (C=O) groups is 4. The molecule has 20 heavy (non-hydrogen) atoms. The Kier molecular flexibility index (Phi) is 8.18. The molecule has 0 saturated heterocycles. The molecule has 2 amide bonds. The molecule has 0 fully saturated rings. The van der Waals surface area contributed by atoms with Gasteiger partial charge in [0.05, 0.1) is 6.61 Å². The van der Waals surface area contributed by atoms with Gasteiger partial charge in [0.25, 0.3) is 0 Å². The topological polar surface area (TPSA) is 171 Å². The molecular weight excluding hydrogens is 280 g/mol. The number of amides is 2. The summed E-state index contributed by atoms with van der Waals surface area (Å²) >= 11 is 0. The van der Waals surface area contributed by atoms with E-state index in [9.17, 15) is 19.2 Å². The number of aliphatic hydroxyl groups excluding tert-OH is 1. The lowest BCUT2D eigenvalue weighted by atomic mass is 10.4. The maximum atomic E-state index is 11.0. The molecule has 0 aromatic heterocycles. The van der Waals surface area contributed by atoms with Gasteiger partial charge in [-0.25, -0.2) is 9.59 Å². The monoisotopic (exact) mass is 294 g/mol. The Labute approximate surface area is 112 Å². The van der Waals surface area contributed by atoms with Crippen LogP contribution in [0.1, 0.15) is 0 Å². The van der Waals surface area contributed by atoms with Gasteiger partial charge in [-0.15, -0.1) is 0 Å². The Morgan fingerprint density at radius 1 is 0.950 bits per heavy atom. The molecule has 0 aliphatic heterocycles. The molecule has 1 atom stereocenters. The molecule has 0 aliphatic rings. The van der Waals surface area contributed by atoms with E-state index in [-0.39, 0.29) is 0 Å². The number of alkyl carbamates (subject to hydrolysis) is 2. The third-order valence-corrected chi connectivity index (χ3v) is 1.65. The maximum absolute atomic E-state index is 11.0. The van der Waals surface area contributed by atoms with Crippen molar-refractivity contribution in [1.82, 2.24) is 10.6 Å². The van der Waals surface area contributed by atoms with Crippen molar-refractivity contribution in [2.45, 2.75) is 6.10 Å². The van der Waals surface area contributed by atoms with Crippen molar-refractivity contribution in [3.63, 3.8) is 0 Å². The maximum Gasteiger partial charge on any atom is 0.408 e. The van der Waals surface area contributed by atoms with E-state index in [4.69, 9.17) is 15.3 Å². The zero-order chi connectivity index (χ0) is 15.5. The number of carboxylic acids is 2. The van der Waals surface area contributed by atoms with Crippen LogP contribution in [-0.2, 0) is 19.1 Å². The van der Waals surface area contributed by atoms with Gasteiger partial charge >= 0.3 is 24.1 Å². The van der Waals surface area contributed by atoms with Crippen LogP contribution in [0.4, 0.5) is 9.59 Å². The van der Waals surface area contributed by atoms with Crippen molar-refractivity contribution < 1.29 is 44.0 Å². The highest BCUT2D eigenvalue weighted by Crippen LogP contribution is 1.94. The summed E-state index contributed by atoms with van der Waals surface area (Å²) in [7, 11) is 0. The Morgan fingerprint density at radius 2 is 1.45 bits per heavy atom. The number of ether oxygens (including phenoxy) is 2. The number of nitrogens with one attached hydrogen (secondary N) is 2. The first-order valence-electron chi connectivity index (χ1n) is 5.24. The van der Waals surface area contributed by atoms with Crippen molar-refractivity contribution in [2.24, 2.45) is 0 Å². The predicted octanol–water partition coefficient (Wildman–Crippen LogP) is -2.03. The van der Waals surface area contributed by atoms with Crippen molar-refractivity contribution >= 4 is 24.1 Å². The molecule has 0 aromatic carbocycles. The first-order valence-corrected chi connectivity index (χ1v) is 5.24. The van der Waals surface area contributed by atoms with E-state index >= 15 is 0 Å². The van der Waals surface area contributed by atoms with Crippen LogP contribution in [0.15, 0.2) is 0 Å². The van der Waals surface area contributed by atoms with Gasteiger partial charge in [0, 0.05) is 0 Å². The average molecular weight is 294 g/mol. The van der Waals surface area contributed by atoms with Crippen LogP contribution in [0.3, 0.4) is 0 Å². The zero-order valence-corrected chi connectivity index (χ0v) is 10.2. The summed E-state index contributed by atoms with van der Waals surface area (Å²) in [5, 5.41) is 29.2. The molecule has 114 valence electrons. The van der Waals surface area contributed by atoms with Crippen LogP contribution in [0, 0.1) is 0 Å². The highest BCUT2D eigenvalue weighted by atomic mass is 16.6. The minimum atomic E-state index is -1.29. The summed E-state index contributed by atoms with van der Waals surface area (Å²) in [5.41, 5.74) is 0. The van der Waals surface area contributed by atoms with E-state index in [2.05, 4.69) is 9.47 Å². The number of carboxylic acid groups (broad SMARTS) is 2. The number of rotatable bonds is 8. The summed E-state index contributed by atoms with van der Waals surface area (Å²) in [5.74, 6) is -2.56. The van der Waals surface area contributed by atoms with E-state index in [1.165, 1.54) is 0 Å². The van der Waals surface area contributed by atoms with Crippen LogP contribution in [-0.4, -0.2) is 71.9 Å². The Balaban J connectivity index is 3.96. The summed E-state index contributed by atoms with van der Waals surface area (Å²) in [6.07, 6.45) is -3.39.